The Balaban J connectivity index is 1.43. The van der Waals surface area contributed by atoms with Crippen molar-refractivity contribution in [2.45, 2.75) is 13.0 Å². The van der Waals surface area contributed by atoms with Crippen molar-refractivity contribution >= 4 is 28.4 Å². The number of anilines is 1. The maximum absolute atomic E-state index is 12.5. The number of hydrogen-bond donors (Lipinski definition) is 1. The van der Waals surface area contributed by atoms with Crippen molar-refractivity contribution in [3.05, 3.63) is 60.7 Å². The number of rotatable bonds is 4. The monoisotopic (exact) mass is 335 g/mol. The van der Waals surface area contributed by atoms with E-state index < -0.39 is 0 Å². The van der Waals surface area contributed by atoms with Crippen molar-refractivity contribution in [2.75, 3.05) is 11.9 Å². The Morgan fingerprint density at radius 3 is 3.00 bits per heavy atom. The van der Waals surface area contributed by atoms with E-state index in [1.165, 1.54) is 0 Å². The second-order valence-electron chi connectivity index (χ2n) is 6.16. The van der Waals surface area contributed by atoms with Crippen molar-refractivity contribution < 1.29 is 14.0 Å². The van der Waals surface area contributed by atoms with Crippen LogP contribution in [0, 0.1) is 5.92 Å². The van der Waals surface area contributed by atoms with Gasteiger partial charge in [-0.3, -0.25) is 14.6 Å². The van der Waals surface area contributed by atoms with Crippen LogP contribution < -0.4 is 5.32 Å². The van der Waals surface area contributed by atoms with E-state index in [1.54, 1.807) is 23.4 Å². The second-order valence-corrected chi connectivity index (χ2v) is 6.16. The number of amides is 2. The third kappa shape index (κ3) is 3.24. The van der Waals surface area contributed by atoms with Gasteiger partial charge in [0.05, 0.1) is 36.1 Å². The number of aromatic nitrogens is 1. The molecule has 1 unspecified atom stereocenters. The van der Waals surface area contributed by atoms with Crippen LogP contribution in [0.5, 0.6) is 0 Å². The smallest absolute Gasteiger partial charge is 0.229 e. The zero-order valence-electron chi connectivity index (χ0n) is 13.5. The first kappa shape index (κ1) is 15.4. The van der Waals surface area contributed by atoms with E-state index >= 15 is 0 Å². The summed E-state index contributed by atoms with van der Waals surface area (Å²) in [7, 11) is 0. The topological polar surface area (TPSA) is 75.4 Å². The van der Waals surface area contributed by atoms with E-state index in [0.717, 1.165) is 10.9 Å². The van der Waals surface area contributed by atoms with E-state index in [-0.39, 0.29) is 24.2 Å². The molecule has 2 amide bonds. The predicted molar refractivity (Wildman–Crippen MR) is 92.6 cm³/mol. The van der Waals surface area contributed by atoms with Gasteiger partial charge in [0.15, 0.2) is 0 Å². The molecule has 2 aromatic heterocycles. The molecule has 1 aliphatic heterocycles. The van der Waals surface area contributed by atoms with Crippen LogP contribution in [0.25, 0.3) is 10.9 Å². The zero-order valence-corrected chi connectivity index (χ0v) is 13.5. The lowest BCUT2D eigenvalue weighted by Crippen LogP contribution is -2.27. The lowest BCUT2D eigenvalue weighted by atomic mass is 10.1. The van der Waals surface area contributed by atoms with E-state index in [0.29, 0.717) is 24.5 Å². The molecule has 0 bridgehead atoms. The van der Waals surface area contributed by atoms with Gasteiger partial charge in [-0.15, -0.1) is 0 Å². The summed E-state index contributed by atoms with van der Waals surface area (Å²) in [4.78, 5) is 30.6. The summed E-state index contributed by atoms with van der Waals surface area (Å²) in [6.07, 6.45) is 3.43. The highest BCUT2D eigenvalue weighted by atomic mass is 16.3. The lowest BCUT2D eigenvalue weighted by molar-refractivity contribution is -0.128. The summed E-state index contributed by atoms with van der Waals surface area (Å²) >= 11 is 0. The molecule has 1 atom stereocenters. The lowest BCUT2D eigenvalue weighted by Gasteiger charge is -2.15. The first-order valence-electron chi connectivity index (χ1n) is 8.15. The summed E-state index contributed by atoms with van der Waals surface area (Å²) in [6, 6.07) is 13.2. The molecule has 6 nitrogen and oxygen atoms in total. The molecule has 0 spiro atoms. The van der Waals surface area contributed by atoms with Crippen molar-refractivity contribution in [3.63, 3.8) is 0 Å². The first-order chi connectivity index (χ1) is 12.2. The highest BCUT2D eigenvalue weighted by Gasteiger charge is 2.34. The molecule has 1 aromatic carbocycles. The van der Waals surface area contributed by atoms with E-state index in [2.05, 4.69) is 10.3 Å². The SMILES string of the molecule is O=C(Nc1cnc2ccccc2c1)C1CC(=O)N(Cc2ccco2)C1. The van der Waals surface area contributed by atoms with Gasteiger partial charge in [-0.1, -0.05) is 18.2 Å². The van der Waals surface area contributed by atoms with Crippen LogP contribution in [-0.2, 0) is 16.1 Å². The zero-order chi connectivity index (χ0) is 17.2. The number of para-hydroxylation sites is 1. The molecule has 3 aromatic rings. The van der Waals surface area contributed by atoms with Gasteiger partial charge in [0.1, 0.15) is 5.76 Å². The fourth-order valence-corrected chi connectivity index (χ4v) is 3.07. The summed E-state index contributed by atoms with van der Waals surface area (Å²) < 4.78 is 5.27. The molecule has 1 fully saturated rings. The summed E-state index contributed by atoms with van der Waals surface area (Å²) in [5.41, 5.74) is 1.52. The van der Waals surface area contributed by atoms with Crippen molar-refractivity contribution in [3.8, 4) is 0 Å². The molecule has 3 heterocycles. The van der Waals surface area contributed by atoms with Crippen LogP contribution in [0.1, 0.15) is 12.2 Å². The molecule has 1 aliphatic rings. The van der Waals surface area contributed by atoms with Crippen molar-refractivity contribution in [1.29, 1.82) is 0 Å². The van der Waals surface area contributed by atoms with Crippen LogP contribution in [0.4, 0.5) is 5.69 Å². The largest absolute Gasteiger partial charge is 0.467 e. The number of hydrogen-bond acceptors (Lipinski definition) is 4. The van der Waals surface area contributed by atoms with E-state index in [9.17, 15) is 9.59 Å². The van der Waals surface area contributed by atoms with Crippen LogP contribution in [-0.4, -0.2) is 28.2 Å². The number of fused-ring (bicyclic) bond motifs is 1. The minimum Gasteiger partial charge on any atom is -0.467 e. The Labute approximate surface area is 144 Å². The molecular weight excluding hydrogens is 318 g/mol. The number of nitrogens with one attached hydrogen (secondary N) is 1. The number of pyridine rings is 1. The molecule has 0 radical (unpaired) electrons. The van der Waals surface area contributed by atoms with Gasteiger partial charge in [0, 0.05) is 18.4 Å². The number of benzene rings is 1. The molecule has 126 valence electrons. The van der Waals surface area contributed by atoms with Gasteiger partial charge in [-0.05, 0) is 24.3 Å². The first-order valence-corrected chi connectivity index (χ1v) is 8.15. The Hall–Kier alpha value is -3.15. The van der Waals surface area contributed by atoms with Gasteiger partial charge < -0.3 is 14.6 Å². The number of nitrogens with zero attached hydrogens (tertiary/aromatic N) is 2. The van der Waals surface area contributed by atoms with Gasteiger partial charge in [-0.2, -0.15) is 0 Å². The van der Waals surface area contributed by atoms with Gasteiger partial charge in [0.2, 0.25) is 11.8 Å². The molecule has 0 aliphatic carbocycles. The quantitative estimate of drug-likeness (QED) is 0.795. The standard InChI is InChI=1S/C19H17N3O3/c23-18-9-14(11-22(18)12-16-5-3-7-25-16)19(24)21-15-8-13-4-1-2-6-17(13)20-10-15/h1-8,10,14H,9,11-12H2,(H,21,24). The Bertz CT molecular complexity index is 921. The number of furan rings is 1. The van der Waals surface area contributed by atoms with Crippen molar-refractivity contribution in [2.24, 2.45) is 5.92 Å². The molecule has 25 heavy (non-hydrogen) atoms. The minimum absolute atomic E-state index is 0.0341. The van der Waals surface area contributed by atoms with Crippen LogP contribution in [0.2, 0.25) is 0 Å². The van der Waals surface area contributed by atoms with Gasteiger partial charge in [-0.25, -0.2) is 0 Å². The summed E-state index contributed by atoms with van der Waals surface area (Å²) in [5.74, 6) is 0.155. The Kier molecular flexibility index (Phi) is 3.93. The fourth-order valence-electron chi connectivity index (χ4n) is 3.07. The van der Waals surface area contributed by atoms with Crippen molar-refractivity contribution in [1.82, 2.24) is 9.88 Å². The third-order valence-corrected chi connectivity index (χ3v) is 4.37. The number of carbonyl (C=O) groups excluding carboxylic acids is 2. The molecule has 1 saturated heterocycles. The maximum atomic E-state index is 12.5. The number of likely N-dealkylation sites (tertiary alicyclic amines) is 1. The normalized spacial score (nSPS) is 17.2. The molecular formula is C19H17N3O3. The predicted octanol–water partition coefficient (Wildman–Crippen LogP) is 2.82. The fraction of sp³-hybridized carbons (Fsp3) is 0.211. The Morgan fingerprint density at radius 1 is 1.28 bits per heavy atom. The number of carbonyl (C=O) groups is 2. The van der Waals surface area contributed by atoms with Crippen LogP contribution in [0.3, 0.4) is 0 Å². The molecule has 0 saturated carbocycles. The maximum Gasteiger partial charge on any atom is 0.229 e. The molecule has 6 heteroatoms. The van der Waals surface area contributed by atoms with Gasteiger partial charge >= 0.3 is 0 Å². The Morgan fingerprint density at radius 2 is 2.16 bits per heavy atom. The summed E-state index contributed by atoms with van der Waals surface area (Å²) in [6.45, 7) is 0.791. The highest BCUT2D eigenvalue weighted by Crippen LogP contribution is 2.23. The van der Waals surface area contributed by atoms with Crippen LogP contribution in [0.15, 0.2) is 59.3 Å². The van der Waals surface area contributed by atoms with E-state index in [4.69, 9.17) is 4.42 Å². The van der Waals surface area contributed by atoms with Crippen LogP contribution >= 0.6 is 0 Å². The van der Waals surface area contributed by atoms with E-state index in [1.807, 2.05) is 36.4 Å². The highest BCUT2D eigenvalue weighted by molar-refractivity contribution is 5.98. The third-order valence-electron chi connectivity index (χ3n) is 4.37. The molecule has 4 rings (SSSR count). The minimum atomic E-state index is -0.367. The summed E-state index contributed by atoms with van der Waals surface area (Å²) in [5, 5.41) is 3.83. The second kappa shape index (κ2) is 6.39. The van der Waals surface area contributed by atoms with Gasteiger partial charge in [0.25, 0.3) is 0 Å². The average molecular weight is 335 g/mol. The molecule has 1 N–H and O–H groups in total. The average Bonchev–Trinajstić information content (AvgIpc) is 3.25.